The van der Waals surface area contributed by atoms with Crippen LogP contribution < -0.4 is 4.90 Å². The molecular formula is C21H25NO4. The molecule has 0 radical (unpaired) electrons. The fourth-order valence-electron chi connectivity index (χ4n) is 2.93. The van der Waals surface area contributed by atoms with E-state index in [0.717, 1.165) is 28.8 Å². The van der Waals surface area contributed by atoms with E-state index in [-0.39, 0.29) is 11.5 Å². The summed E-state index contributed by atoms with van der Waals surface area (Å²) in [7, 11) is 0. The maximum atomic E-state index is 12.3. The molecule has 3 rings (SSSR count). The van der Waals surface area contributed by atoms with Gasteiger partial charge in [0.1, 0.15) is 5.60 Å². The highest BCUT2D eigenvalue weighted by Crippen LogP contribution is 2.33. The van der Waals surface area contributed by atoms with Gasteiger partial charge in [0, 0.05) is 12.2 Å². The van der Waals surface area contributed by atoms with Crippen LogP contribution in [0.5, 0.6) is 0 Å². The first kappa shape index (κ1) is 19.7. The fourth-order valence-corrected chi connectivity index (χ4v) is 2.93. The number of hydrogen-bond donors (Lipinski definition) is 2. The van der Waals surface area contributed by atoms with Crippen molar-refractivity contribution < 1.29 is 19.8 Å². The number of carbonyl (C=O) groups is 2. The number of amides is 1. The third-order valence-corrected chi connectivity index (χ3v) is 4.21. The summed E-state index contributed by atoms with van der Waals surface area (Å²) < 4.78 is 0. The first-order chi connectivity index (χ1) is 12.3. The molecule has 0 atom stereocenters. The molecule has 5 nitrogen and oxygen atoms in total. The van der Waals surface area contributed by atoms with Gasteiger partial charge in [-0.3, -0.25) is 4.79 Å². The SMILES string of the molecule is CC.CC(C)(O)C(=O)N1CCc2cc(-c3ccc(C(=O)O)cc3)ccc21. The summed E-state index contributed by atoms with van der Waals surface area (Å²) in [6.45, 7) is 7.54. The molecule has 0 fully saturated rings. The van der Waals surface area contributed by atoms with Crippen molar-refractivity contribution in [2.75, 3.05) is 11.4 Å². The van der Waals surface area contributed by atoms with E-state index in [1.807, 2.05) is 32.0 Å². The van der Waals surface area contributed by atoms with Gasteiger partial charge < -0.3 is 15.1 Å². The zero-order chi connectivity index (χ0) is 19.5. The van der Waals surface area contributed by atoms with E-state index < -0.39 is 11.6 Å². The van der Waals surface area contributed by atoms with E-state index in [1.165, 1.54) is 13.8 Å². The smallest absolute Gasteiger partial charge is 0.335 e. The first-order valence-electron chi connectivity index (χ1n) is 8.78. The normalized spacial score (nSPS) is 12.9. The van der Waals surface area contributed by atoms with E-state index in [9.17, 15) is 14.7 Å². The van der Waals surface area contributed by atoms with Crippen LogP contribution >= 0.6 is 0 Å². The van der Waals surface area contributed by atoms with E-state index in [2.05, 4.69) is 0 Å². The van der Waals surface area contributed by atoms with Gasteiger partial charge in [-0.25, -0.2) is 4.79 Å². The molecule has 1 aliphatic heterocycles. The monoisotopic (exact) mass is 355 g/mol. The highest BCUT2D eigenvalue weighted by molar-refractivity contribution is 6.00. The quantitative estimate of drug-likeness (QED) is 0.879. The van der Waals surface area contributed by atoms with Crippen LogP contribution in [0, 0.1) is 0 Å². The van der Waals surface area contributed by atoms with Crippen molar-refractivity contribution in [1.29, 1.82) is 0 Å². The van der Waals surface area contributed by atoms with Gasteiger partial charge in [0.25, 0.3) is 5.91 Å². The molecule has 0 aromatic heterocycles. The van der Waals surface area contributed by atoms with Gasteiger partial charge in [-0.15, -0.1) is 0 Å². The van der Waals surface area contributed by atoms with Gasteiger partial charge in [-0.1, -0.05) is 32.0 Å². The highest BCUT2D eigenvalue weighted by Gasteiger charge is 2.33. The molecule has 2 aromatic carbocycles. The van der Waals surface area contributed by atoms with Crippen LogP contribution in [0.2, 0.25) is 0 Å². The summed E-state index contributed by atoms with van der Waals surface area (Å²) in [5.74, 6) is -1.25. The van der Waals surface area contributed by atoms with Gasteiger partial charge >= 0.3 is 5.97 Å². The lowest BCUT2D eigenvalue weighted by molar-refractivity contribution is -0.133. The van der Waals surface area contributed by atoms with Crippen LogP contribution in [0.1, 0.15) is 43.6 Å². The number of anilines is 1. The van der Waals surface area contributed by atoms with Crippen molar-refractivity contribution in [3.63, 3.8) is 0 Å². The van der Waals surface area contributed by atoms with Gasteiger partial charge in [0.05, 0.1) is 5.56 Å². The van der Waals surface area contributed by atoms with Crippen LogP contribution in [0.3, 0.4) is 0 Å². The minimum absolute atomic E-state index is 0.252. The number of carboxylic acid groups (broad SMARTS) is 1. The minimum atomic E-state index is -1.40. The molecule has 0 saturated carbocycles. The Balaban J connectivity index is 0.00000117. The lowest BCUT2D eigenvalue weighted by Gasteiger charge is -2.25. The van der Waals surface area contributed by atoms with E-state index >= 15 is 0 Å². The Morgan fingerprint density at radius 3 is 2.12 bits per heavy atom. The Morgan fingerprint density at radius 1 is 1.00 bits per heavy atom. The zero-order valence-electron chi connectivity index (χ0n) is 15.6. The van der Waals surface area contributed by atoms with E-state index in [1.54, 1.807) is 29.2 Å². The molecule has 0 aliphatic carbocycles. The molecule has 138 valence electrons. The molecule has 0 bridgehead atoms. The maximum absolute atomic E-state index is 12.3. The summed E-state index contributed by atoms with van der Waals surface area (Å²) in [6, 6.07) is 12.5. The summed E-state index contributed by atoms with van der Waals surface area (Å²) in [5.41, 5.74) is 2.63. The summed E-state index contributed by atoms with van der Waals surface area (Å²) in [4.78, 5) is 24.8. The maximum Gasteiger partial charge on any atom is 0.335 e. The number of benzene rings is 2. The molecule has 1 amide bonds. The van der Waals surface area contributed by atoms with E-state index in [0.29, 0.717) is 6.54 Å². The zero-order valence-corrected chi connectivity index (χ0v) is 15.6. The van der Waals surface area contributed by atoms with Crippen LogP contribution in [0.4, 0.5) is 5.69 Å². The predicted octanol–water partition coefficient (Wildman–Crippen LogP) is 3.74. The predicted molar refractivity (Wildman–Crippen MR) is 103 cm³/mol. The molecule has 5 heteroatoms. The molecule has 0 unspecified atom stereocenters. The van der Waals surface area contributed by atoms with Crippen molar-refractivity contribution in [2.45, 2.75) is 39.7 Å². The molecule has 0 spiro atoms. The molecule has 2 aromatic rings. The molecule has 1 heterocycles. The summed E-state index contributed by atoms with van der Waals surface area (Å²) in [6.07, 6.45) is 0.734. The van der Waals surface area contributed by atoms with Crippen molar-refractivity contribution >= 4 is 17.6 Å². The Kier molecular flexibility index (Phi) is 5.83. The van der Waals surface area contributed by atoms with Crippen LogP contribution in [0.25, 0.3) is 11.1 Å². The number of hydrogen-bond acceptors (Lipinski definition) is 3. The third kappa shape index (κ3) is 3.94. The average molecular weight is 355 g/mol. The minimum Gasteiger partial charge on any atom is -0.478 e. The third-order valence-electron chi connectivity index (χ3n) is 4.21. The number of carboxylic acids is 1. The van der Waals surface area contributed by atoms with Crippen molar-refractivity contribution in [3.8, 4) is 11.1 Å². The lowest BCUT2D eigenvalue weighted by Crippen LogP contribution is -2.44. The largest absolute Gasteiger partial charge is 0.478 e. The number of fused-ring (bicyclic) bond motifs is 1. The average Bonchev–Trinajstić information content (AvgIpc) is 3.05. The van der Waals surface area contributed by atoms with Crippen molar-refractivity contribution in [1.82, 2.24) is 0 Å². The first-order valence-corrected chi connectivity index (χ1v) is 8.78. The second-order valence-corrected chi connectivity index (χ2v) is 6.49. The Bertz CT molecular complexity index is 804. The molecule has 1 aliphatic rings. The van der Waals surface area contributed by atoms with Gasteiger partial charge in [-0.05, 0) is 61.2 Å². The molecule has 26 heavy (non-hydrogen) atoms. The van der Waals surface area contributed by atoms with Gasteiger partial charge in [0.2, 0.25) is 0 Å². The molecule has 2 N–H and O–H groups in total. The van der Waals surface area contributed by atoms with Crippen molar-refractivity contribution in [3.05, 3.63) is 53.6 Å². The van der Waals surface area contributed by atoms with Gasteiger partial charge in [0.15, 0.2) is 0 Å². The van der Waals surface area contributed by atoms with Crippen LogP contribution in [-0.4, -0.2) is 34.2 Å². The molecule has 0 saturated heterocycles. The standard InChI is InChI=1S/C19H19NO4.C2H6/c1-19(2,24)18(23)20-10-9-15-11-14(7-8-16(15)20)12-3-5-13(6-4-12)17(21)22;1-2/h3-8,11,24H,9-10H2,1-2H3,(H,21,22);1-2H3. The van der Waals surface area contributed by atoms with Crippen LogP contribution in [0.15, 0.2) is 42.5 Å². The van der Waals surface area contributed by atoms with E-state index in [4.69, 9.17) is 5.11 Å². The second-order valence-electron chi connectivity index (χ2n) is 6.49. The highest BCUT2D eigenvalue weighted by atomic mass is 16.4. The van der Waals surface area contributed by atoms with Crippen LogP contribution in [-0.2, 0) is 11.2 Å². The topological polar surface area (TPSA) is 77.8 Å². The number of aromatic carboxylic acids is 1. The summed E-state index contributed by atoms with van der Waals surface area (Å²) >= 11 is 0. The number of rotatable bonds is 3. The number of carbonyl (C=O) groups excluding carboxylic acids is 1. The van der Waals surface area contributed by atoms with Gasteiger partial charge in [-0.2, -0.15) is 0 Å². The second kappa shape index (κ2) is 7.70. The Hall–Kier alpha value is -2.66. The Labute approximate surface area is 153 Å². The fraction of sp³-hybridized carbons (Fsp3) is 0.333. The molecular weight excluding hydrogens is 330 g/mol. The number of aliphatic hydroxyl groups is 1. The summed E-state index contributed by atoms with van der Waals surface area (Å²) in [5, 5.41) is 18.9. The Morgan fingerprint density at radius 2 is 1.58 bits per heavy atom. The number of nitrogens with zero attached hydrogens (tertiary/aromatic N) is 1. The lowest BCUT2D eigenvalue weighted by atomic mass is 10.0. The van der Waals surface area contributed by atoms with Crippen molar-refractivity contribution in [2.24, 2.45) is 0 Å².